The van der Waals surface area contributed by atoms with Crippen molar-refractivity contribution >= 4 is 0 Å². The lowest BCUT2D eigenvalue weighted by atomic mass is 9.60. The van der Waals surface area contributed by atoms with Crippen molar-refractivity contribution in [1.82, 2.24) is 0 Å². The Labute approximate surface area is 184 Å². The number of hydrogen-bond donors (Lipinski definition) is 3. The fourth-order valence-corrected chi connectivity index (χ4v) is 6.58. The molecule has 3 heteroatoms. The standard InChI is InChI=1S/C27H44O3/c1-18-8-12-22(28)17-21(18)11-10-20-7-6-16-27(5)23(13-14-24(20)27)19(2)9-15-25(29)26(3,4)30/h10-11,19,22-25,28-30H,1,6-9,12-17H2,2-5H3/t19-,22+,23-,24+,25-,27-/m1/s1. The highest BCUT2D eigenvalue weighted by Gasteiger charge is 2.50. The first-order valence-corrected chi connectivity index (χ1v) is 12.2. The Morgan fingerprint density at radius 2 is 1.90 bits per heavy atom. The van der Waals surface area contributed by atoms with Crippen molar-refractivity contribution in [1.29, 1.82) is 0 Å². The third-order valence-corrected chi connectivity index (χ3v) is 8.62. The van der Waals surface area contributed by atoms with Gasteiger partial charge in [-0.25, -0.2) is 0 Å². The van der Waals surface area contributed by atoms with E-state index < -0.39 is 11.7 Å². The lowest BCUT2D eigenvalue weighted by molar-refractivity contribution is -0.0554. The monoisotopic (exact) mass is 416 g/mol. The Hall–Kier alpha value is -0.900. The smallest absolute Gasteiger partial charge is 0.0849 e. The number of hydrogen-bond acceptors (Lipinski definition) is 3. The van der Waals surface area contributed by atoms with E-state index in [0.717, 1.165) is 25.7 Å². The molecule has 0 aromatic carbocycles. The Kier molecular flexibility index (Phi) is 7.37. The first-order chi connectivity index (χ1) is 14.0. The Balaban J connectivity index is 1.69. The van der Waals surface area contributed by atoms with E-state index >= 15 is 0 Å². The molecular formula is C27H44O3. The molecule has 3 fully saturated rings. The molecule has 3 aliphatic rings. The van der Waals surface area contributed by atoms with Gasteiger partial charge in [0.05, 0.1) is 17.8 Å². The van der Waals surface area contributed by atoms with Crippen molar-refractivity contribution in [3.63, 3.8) is 0 Å². The Morgan fingerprint density at radius 1 is 1.17 bits per heavy atom. The van der Waals surface area contributed by atoms with Crippen LogP contribution < -0.4 is 0 Å². The normalized spacial score (nSPS) is 37.4. The van der Waals surface area contributed by atoms with Gasteiger partial charge in [0, 0.05) is 0 Å². The summed E-state index contributed by atoms with van der Waals surface area (Å²) in [4.78, 5) is 0. The molecule has 0 amide bonds. The van der Waals surface area contributed by atoms with Crippen LogP contribution in [0, 0.1) is 23.2 Å². The molecule has 170 valence electrons. The zero-order valence-electron chi connectivity index (χ0n) is 19.7. The van der Waals surface area contributed by atoms with Gasteiger partial charge < -0.3 is 15.3 Å². The molecule has 0 saturated heterocycles. The number of aliphatic hydroxyl groups excluding tert-OH is 2. The van der Waals surface area contributed by atoms with Crippen LogP contribution in [0.5, 0.6) is 0 Å². The van der Waals surface area contributed by atoms with E-state index in [9.17, 15) is 15.3 Å². The van der Waals surface area contributed by atoms with Crippen LogP contribution in [0.25, 0.3) is 0 Å². The van der Waals surface area contributed by atoms with E-state index in [1.165, 1.54) is 43.3 Å². The minimum atomic E-state index is -1.02. The highest BCUT2D eigenvalue weighted by Crippen LogP contribution is 2.60. The quantitative estimate of drug-likeness (QED) is 0.520. The van der Waals surface area contributed by atoms with Gasteiger partial charge in [0.1, 0.15) is 0 Å². The second-order valence-electron chi connectivity index (χ2n) is 11.3. The molecule has 3 rings (SSSR count). The summed E-state index contributed by atoms with van der Waals surface area (Å²) in [7, 11) is 0. The molecule has 0 bridgehead atoms. The highest BCUT2D eigenvalue weighted by atomic mass is 16.3. The summed E-state index contributed by atoms with van der Waals surface area (Å²) in [6, 6.07) is 0. The van der Waals surface area contributed by atoms with Crippen molar-refractivity contribution in [2.45, 2.75) is 110 Å². The summed E-state index contributed by atoms with van der Waals surface area (Å²) in [6.07, 6.45) is 14.1. The molecular weight excluding hydrogens is 372 g/mol. The summed E-state index contributed by atoms with van der Waals surface area (Å²) in [6.45, 7) is 12.5. The molecule has 3 saturated carbocycles. The lowest BCUT2D eigenvalue weighted by Crippen LogP contribution is -2.38. The highest BCUT2D eigenvalue weighted by molar-refractivity contribution is 5.36. The maximum absolute atomic E-state index is 10.3. The predicted molar refractivity (Wildman–Crippen MR) is 124 cm³/mol. The second kappa shape index (κ2) is 9.30. The van der Waals surface area contributed by atoms with E-state index in [-0.39, 0.29) is 6.10 Å². The first kappa shape index (κ1) is 23.8. The molecule has 0 radical (unpaired) electrons. The summed E-state index contributed by atoms with van der Waals surface area (Å²) in [5.74, 6) is 1.89. The van der Waals surface area contributed by atoms with Crippen LogP contribution in [0.4, 0.5) is 0 Å². The number of aliphatic hydroxyl groups is 3. The molecule has 0 heterocycles. The zero-order chi connectivity index (χ0) is 22.1. The molecule has 0 aliphatic heterocycles. The molecule has 3 aliphatic carbocycles. The Bertz CT molecular complexity index is 683. The van der Waals surface area contributed by atoms with E-state index in [2.05, 4.69) is 32.6 Å². The van der Waals surface area contributed by atoms with E-state index in [4.69, 9.17) is 0 Å². The molecule has 0 unspecified atom stereocenters. The number of allylic oxidation sites excluding steroid dienone is 4. The maximum atomic E-state index is 10.3. The minimum absolute atomic E-state index is 0.215. The van der Waals surface area contributed by atoms with Gasteiger partial charge in [-0.05, 0) is 107 Å². The van der Waals surface area contributed by atoms with E-state index in [0.29, 0.717) is 29.6 Å². The van der Waals surface area contributed by atoms with Crippen molar-refractivity contribution in [3.8, 4) is 0 Å². The van der Waals surface area contributed by atoms with Crippen LogP contribution in [-0.4, -0.2) is 33.1 Å². The molecule has 3 nitrogen and oxygen atoms in total. The van der Waals surface area contributed by atoms with Crippen molar-refractivity contribution in [3.05, 3.63) is 35.5 Å². The van der Waals surface area contributed by atoms with Gasteiger partial charge in [0.25, 0.3) is 0 Å². The average molecular weight is 417 g/mol. The molecule has 30 heavy (non-hydrogen) atoms. The summed E-state index contributed by atoms with van der Waals surface area (Å²) in [5, 5.41) is 30.3. The topological polar surface area (TPSA) is 60.7 Å². The molecule has 6 atom stereocenters. The third-order valence-electron chi connectivity index (χ3n) is 8.62. The average Bonchev–Trinajstić information content (AvgIpc) is 3.03. The van der Waals surface area contributed by atoms with E-state index in [1.54, 1.807) is 19.4 Å². The summed E-state index contributed by atoms with van der Waals surface area (Å²) >= 11 is 0. The van der Waals surface area contributed by atoms with Gasteiger partial charge in [-0.15, -0.1) is 0 Å². The minimum Gasteiger partial charge on any atom is -0.393 e. The van der Waals surface area contributed by atoms with Crippen LogP contribution in [-0.2, 0) is 0 Å². The van der Waals surface area contributed by atoms with Crippen molar-refractivity contribution in [2.75, 3.05) is 0 Å². The van der Waals surface area contributed by atoms with Gasteiger partial charge >= 0.3 is 0 Å². The zero-order valence-corrected chi connectivity index (χ0v) is 19.7. The lowest BCUT2D eigenvalue weighted by Gasteiger charge is -2.44. The first-order valence-electron chi connectivity index (χ1n) is 12.2. The summed E-state index contributed by atoms with van der Waals surface area (Å²) in [5.41, 5.74) is 3.34. The largest absolute Gasteiger partial charge is 0.393 e. The molecule has 0 aromatic rings. The molecule has 0 spiro atoms. The third kappa shape index (κ3) is 5.11. The van der Waals surface area contributed by atoms with Gasteiger partial charge in [-0.2, -0.15) is 0 Å². The van der Waals surface area contributed by atoms with Crippen molar-refractivity contribution < 1.29 is 15.3 Å². The van der Waals surface area contributed by atoms with E-state index in [1.807, 2.05) is 0 Å². The molecule has 0 aromatic heterocycles. The predicted octanol–water partition coefficient (Wildman–Crippen LogP) is 5.70. The van der Waals surface area contributed by atoms with Crippen LogP contribution in [0.2, 0.25) is 0 Å². The van der Waals surface area contributed by atoms with Gasteiger partial charge in [-0.3, -0.25) is 0 Å². The maximum Gasteiger partial charge on any atom is 0.0849 e. The number of rotatable bonds is 6. The van der Waals surface area contributed by atoms with Crippen LogP contribution in [0.15, 0.2) is 35.5 Å². The van der Waals surface area contributed by atoms with Crippen LogP contribution >= 0.6 is 0 Å². The van der Waals surface area contributed by atoms with Crippen LogP contribution in [0.1, 0.15) is 91.9 Å². The van der Waals surface area contributed by atoms with Crippen molar-refractivity contribution in [2.24, 2.45) is 23.2 Å². The second-order valence-corrected chi connectivity index (χ2v) is 11.3. The fraction of sp³-hybridized carbons (Fsp3) is 0.778. The van der Waals surface area contributed by atoms with Gasteiger partial charge in [-0.1, -0.05) is 43.7 Å². The van der Waals surface area contributed by atoms with Crippen LogP contribution in [0.3, 0.4) is 0 Å². The Morgan fingerprint density at radius 3 is 2.60 bits per heavy atom. The number of fused-ring (bicyclic) bond motifs is 1. The fourth-order valence-electron chi connectivity index (χ4n) is 6.58. The summed E-state index contributed by atoms with van der Waals surface area (Å²) < 4.78 is 0. The van der Waals surface area contributed by atoms with Gasteiger partial charge in [0.15, 0.2) is 0 Å². The SMILES string of the molecule is C=C1CC[C@H](O)CC1=CC=C1CCC[C@]2(C)[C@@H]([C@H](C)CC[C@@H](O)C(C)(C)O)CC[C@@H]12. The van der Waals surface area contributed by atoms with Gasteiger partial charge in [0.2, 0.25) is 0 Å². The molecule has 3 N–H and O–H groups in total.